The average Bonchev–Trinajstić information content (AvgIpc) is 2.89. The van der Waals surface area contributed by atoms with Crippen molar-refractivity contribution in [3.8, 4) is 5.75 Å². The van der Waals surface area contributed by atoms with Crippen LogP contribution in [0.3, 0.4) is 0 Å². The standard InChI is InChI=1S/C20H25FN2O4/c1-12(2)27-20(25)17-13(3)18(22-14(17)4)19(24)23(5)10-11-26-16-9-7-6-8-15(16)21/h6-9,12,22H,10-11H2,1-5H3. The van der Waals surface area contributed by atoms with Gasteiger partial charge in [0, 0.05) is 12.7 Å². The molecule has 2 aromatic rings. The van der Waals surface area contributed by atoms with E-state index in [1.165, 1.54) is 17.0 Å². The summed E-state index contributed by atoms with van der Waals surface area (Å²) in [7, 11) is 1.62. The molecule has 1 heterocycles. The van der Waals surface area contributed by atoms with Gasteiger partial charge in [-0.05, 0) is 45.4 Å². The number of nitrogens with one attached hydrogen (secondary N) is 1. The minimum Gasteiger partial charge on any atom is -0.489 e. The molecule has 1 aromatic heterocycles. The van der Waals surface area contributed by atoms with Crippen molar-refractivity contribution in [3.05, 3.63) is 52.6 Å². The minimum atomic E-state index is -0.458. The molecule has 0 atom stereocenters. The summed E-state index contributed by atoms with van der Waals surface area (Å²) in [6.07, 6.45) is -0.247. The highest BCUT2D eigenvalue weighted by Crippen LogP contribution is 2.21. The number of amides is 1. The number of H-pyrrole nitrogens is 1. The third-order valence-electron chi connectivity index (χ3n) is 4.07. The molecule has 27 heavy (non-hydrogen) atoms. The smallest absolute Gasteiger partial charge is 0.340 e. The molecule has 1 amide bonds. The molecule has 0 aliphatic rings. The van der Waals surface area contributed by atoms with E-state index in [-0.39, 0.29) is 30.9 Å². The molecule has 0 unspecified atom stereocenters. The van der Waals surface area contributed by atoms with Crippen LogP contribution in [0.1, 0.15) is 46.0 Å². The SMILES string of the molecule is Cc1[nH]c(C(=O)N(C)CCOc2ccccc2F)c(C)c1C(=O)OC(C)C. The number of rotatable bonds is 7. The maximum absolute atomic E-state index is 13.5. The number of hydrogen-bond acceptors (Lipinski definition) is 4. The van der Waals surface area contributed by atoms with E-state index < -0.39 is 11.8 Å². The van der Waals surface area contributed by atoms with Gasteiger partial charge < -0.3 is 19.4 Å². The number of esters is 1. The second-order valence-electron chi connectivity index (χ2n) is 6.58. The summed E-state index contributed by atoms with van der Waals surface area (Å²) >= 11 is 0. The van der Waals surface area contributed by atoms with E-state index >= 15 is 0 Å². The highest BCUT2D eigenvalue weighted by molar-refractivity contribution is 6.00. The van der Waals surface area contributed by atoms with Crippen molar-refractivity contribution >= 4 is 11.9 Å². The van der Waals surface area contributed by atoms with Crippen molar-refractivity contribution < 1.29 is 23.5 Å². The Hall–Kier alpha value is -2.83. The topological polar surface area (TPSA) is 71.6 Å². The number of carbonyl (C=O) groups is 2. The van der Waals surface area contributed by atoms with Crippen LogP contribution < -0.4 is 4.74 Å². The van der Waals surface area contributed by atoms with E-state index in [1.807, 2.05) is 0 Å². The van der Waals surface area contributed by atoms with E-state index in [1.54, 1.807) is 46.9 Å². The Morgan fingerprint density at radius 3 is 2.52 bits per heavy atom. The van der Waals surface area contributed by atoms with Crippen molar-refractivity contribution in [3.63, 3.8) is 0 Å². The van der Waals surface area contributed by atoms with Crippen LogP contribution in [-0.4, -0.2) is 48.1 Å². The van der Waals surface area contributed by atoms with Gasteiger partial charge in [-0.3, -0.25) is 4.79 Å². The number of nitrogens with zero attached hydrogens (tertiary/aromatic N) is 1. The van der Waals surface area contributed by atoms with Crippen LogP contribution in [0.4, 0.5) is 4.39 Å². The Labute approximate surface area is 158 Å². The first-order chi connectivity index (χ1) is 12.7. The number of carbonyl (C=O) groups excluding carboxylic acids is 2. The fraction of sp³-hybridized carbons (Fsp3) is 0.400. The highest BCUT2D eigenvalue weighted by atomic mass is 19.1. The number of aryl methyl sites for hydroxylation is 1. The Bertz CT molecular complexity index is 829. The zero-order valence-corrected chi connectivity index (χ0v) is 16.3. The number of aromatic amines is 1. The van der Waals surface area contributed by atoms with E-state index in [0.717, 1.165) is 0 Å². The van der Waals surface area contributed by atoms with E-state index in [9.17, 15) is 14.0 Å². The lowest BCUT2D eigenvalue weighted by molar-refractivity contribution is 0.0376. The van der Waals surface area contributed by atoms with Gasteiger partial charge in [0.15, 0.2) is 11.6 Å². The van der Waals surface area contributed by atoms with Gasteiger partial charge in [0.1, 0.15) is 12.3 Å². The summed E-state index contributed by atoms with van der Waals surface area (Å²) in [5, 5.41) is 0. The molecule has 0 aliphatic carbocycles. The molecular weight excluding hydrogens is 351 g/mol. The minimum absolute atomic E-state index is 0.143. The lowest BCUT2D eigenvalue weighted by Crippen LogP contribution is -2.31. The Balaban J connectivity index is 2.04. The third-order valence-corrected chi connectivity index (χ3v) is 4.07. The molecule has 0 saturated carbocycles. The normalized spacial score (nSPS) is 10.8. The molecule has 0 fully saturated rings. The number of para-hydroxylation sites is 1. The molecule has 7 heteroatoms. The largest absolute Gasteiger partial charge is 0.489 e. The molecule has 0 aliphatic heterocycles. The molecule has 0 spiro atoms. The third kappa shape index (κ3) is 4.87. The molecule has 6 nitrogen and oxygen atoms in total. The van der Waals surface area contributed by atoms with Crippen molar-refractivity contribution in [2.75, 3.05) is 20.2 Å². The number of hydrogen-bond donors (Lipinski definition) is 1. The van der Waals surface area contributed by atoms with Crippen LogP contribution in [0.15, 0.2) is 24.3 Å². The number of halogens is 1. The lowest BCUT2D eigenvalue weighted by Gasteiger charge is -2.17. The first-order valence-electron chi connectivity index (χ1n) is 8.75. The van der Waals surface area contributed by atoms with Gasteiger partial charge in [-0.1, -0.05) is 12.1 Å². The van der Waals surface area contributed by atoms with Crippen molar-refractivity contribution in [2.24, 2.45) is 0 Å². The van der Waals surface area contributed by atoms with Gasteiger partial charge in [0.25, 0.3) is 5.91 Å². The van der Waals surface area contributed by atoms with Gasteiger partial charge in [-0.15, -0.1) is 0 Å². The molecule has 146 valence electrons. The van der Waals surface area contributed by atoms with Gasteiger partial charge in [-0.25, -0.2) is 9.18 Å². The van der Waals surface area contributed by atoms with Crippen LogP contribution in [-0.2, 0) is 4.74 Å². The molecule has 1 aromatic carbocycles. The number of likely N-dealkylation sites (N-methyl/N-ethyl adjacent to an activating group) is 1. The second-order valence-corrected chi connectivity index (χ2v) is 6.58. The Morgan fingerprint density at radius 1 is 1.22 bits per heavy atom. The fourth-order valence-electron chi connectivity index (χ4n) is 2.69. The maximum atomic E-state index is 13.5. The molecular formula is C20H25FN2O4. The van der Waals surface area contributed by atoms with Crippen LogP contribution in [0.5, 0.6) is 5.75 Å². The summed E-state index contributed by atoms with van der Waals surface area (Å²) in [5.41, 5.74) is 1.84. The molecule has 1 N–H and O–H groups in total. The highest BCUT2D eigenvalue weighted by Gasteiger charge is 2.25. The van der Waals surface area contributed by atoms with Crippen LogP contribution >= 0.6 is 0 Å². The van der Waals surface area contributed by atoms with E-state index in [0.29, 0.717) is 22.5 Å². The predicted octanol–water partition coefficient (Wildman–Crippen LogP) is 3.49. The van der Waals surface area contributed by atoms with E-state index in [2.05, 4.69) is 4.98 Å². The van der Waals surface area contributed by atoms with E-state index in [4.69, 9.17) is 9.47 Å². The van der Waals surface area contributed by atoms with Crippen LogP contribution in [0, 0.1) is 19.7 Å². The summed E-state index contributed by atoms with van der Waals surface area (Å²) < 4.78 is 24.2. The van der Waals surface area contributed by atoms with Crippen LogP contribution in [0.2, 0.25) is 0 Å². The first-order valence-corrected chi connectivity index (χ1v) is 8.75. The van der Waals surface area contributed by atoms with Gasteiger partial charge in [0.2, 0.25) is 0 Å². The van der Waals surface area contributed by atoms with Gasteiger partial charge >= 0.3 is 5.97 Å². The number of ether oxygens (including phenoxy) is 2. The fourth-order valence-corrected chi connectivity index (χ4v) is 2.69. The quantitative estimate of drug-likeness (QED) is 0.751. The maximum Gasteiger partial charge on any atom is 0.340 e. The van der Waals surface area contributed by atoms with Crippen molar-refractivity contribution in [2.45, 2.75) is 33.8 Å². The number of benzene rings is 1. The summed E-state index contributed by atoms with van der Waals surface area (Å²) in [4.78, 5) is 29.4. The molecule has 0 radical (unpaired) electrons. The van der Waals surface area contributed by atoms with Crippen LogP contribution in [0.25, 0.3) is 0 Å². The summed E-state index contributed by atoms with van der Waals surface area (Å²) in [6, 6.07) is 6.10. The molecule has 0 saturated heterocycles. The monoisotopic (exact) mass is 376 g/mol. The van der Waals surface area contributed by atoms with Gasteiger partial charge in [0.05, 0.1) is 18.2 Å². The summed E-state index contributed by atoms with van der Waals surface area (Å²) in [5.74, 6) is -1.04. The van der Waals surface area contributed by atoms with Crippen molar-refractivity contribution in [1.82, 2.24) is 9.88 Å². The Morgan fingerprint density at radius 2 is 1.89 bits per heavy atom. The average molecular weight is 376 g/mol. The molecule has 2 rings (SSSR count). The Kier molecular flexibility index (Phi) is 6.60. The van der Waals surface area contributed by atoms with Gasteiger partial charge in [-0.2, -0.15) is 0 Å². The molecule has 0 bridgehead atoms. The zero-order valence-electron chi connectivity index (χ0n) is 16.3. The van der Waals surface area contributed by atoms with Crippen molar-refractivity contribution in [1.29, 1.82) is 0 Å². The zero-order chi connectivity index (χ0) is 20.1. The summed E-state index contributed by atoms with van der Waals surface area (Å²) in [6.45, 7) is 7.37. The lowest BCUT2D eigenvalue weighted by atomic mass is 10.1. The second kappa shape index (κ2) is 8.70. The first kappa shape index (κ1) is 20.5. The predicted molar refractivity (Wildman–Crippen MR) is 99.7 cm³/mol. The number of aromatic nitrogens is 1.